The highest BCUT2D eigenvalue weighted by Crippen LogP contribution is 2.31. The number of nitrogens with zero attached hydrogens (tertiary/aromatic N) is 4. The Morgan fingerprint density at radius 3 is 2.55 bits per heavy atom. The van der Waals surface area contributed by atoms with Crippen molar-refractivity contribution in [2.75, 3.05) is 19.0 Å². The van der Waals surface area contributed by atoms with Crippen LogP contribution in [0, 0.1) is 6.92 Å². The molecule has 0 aliphatic carbocycles. The van der Waals surface area contributed by atoms with Crippen molar-refractivity contribution in [2.24, 2.45) is 0 Å². The molecule has 3 aromatic rings. The Kier molecular flexibility index (Phi) is 3.06. The van der Waals surface area contributed by atoms with E-state index in [1.165, 1.54) is 0 Å². The number of hydrogen-bond donors (Lipinski definition) is 0. The average Bonchev–Trinajstić information content (AvgIpc) is 2.46. The molecular weight excluding hydrogens is 248 g/mol. The van der Waals surface area contributed by atoms with E-state index in [1.54, 1.807) is 6.20 Å². The van der Waals surface area contributed by atoms with Gasteiger partial charge >= 0.3 is 0 Å². The molecule has 2 aromatic heterocycles. The highest BCUT2D eigenvalue weighted by Gasteiger charge is 2.13. The third-order valence-electron chi connectivity index (χ3n) is 3.18. The zero-order chi connectivity index (χ0) is 14.1. The van der Waals surface area contributed by atoms with Gasteiger partial charge in [-0.3, -0.25) is 0 Å². The van der Waals surface area contributed by atoms with Crippen molar-refractivity contribution in [1.82, 2.24) is 15.0 Å². The van der Waals surface area contributed by atoms with E-state index in [0.717, 1.165) is 33.8 Å². The number of pyridine rings is 1. The summed E-state index contributed by atoms with van der Waals surface area (Å²) in [7, 11) is 3.98. The standard InChI is InChI=1S/C16H16N4/c1-11-18-14-9-5-4-7-12(14)15(19-11)13-8-6-10-17-16(13)20(2)3/h4-10H,1-3H3. The minimum Gasteiger partial charge on any atom is -0.362 e. The molecule has 3 rings (SSSR count). The van der Waals surface area contributed by atoms with Crippen molar-refractivity contribution in [3.63, 3.8) is 0 Å². The maximum Gasteiger partial charge on any atom is 0.137 e. The fourth-order valence-electron chi connectivity index (χ4n) is 2.34. The molecule has 0 N–H and O–H groups in total. The number of aromatic nitrogens is 3. The monoisotopic (exact) mass is 264 g/mol. The molecule has 0 fully saturated rings. The van der Waals surface area contributed by atoms with E-state index in [-0.39, 0.29) is 0 Å². The highest BCUT2D eigenvalue weighted by molar-refractivity contribution is 5.95. The number of fused-ring (bicyclic) bond motifs is 1. The maximum absolute atomic E-state index is 4.64. The lowest BCUT2D eigenvalue weighted by atomic mass is 10.1. The lowest BCUT2D eigenvalue weighted by molar-refractivity contribution is 1.06. The molecule has 1 aromatic carbocycles. The summed E-state index contributed by atoms with van der Waals surface area (Å²) in [6.07, 6.45) is 1.80. The predicted octanol–water partition coefficient (Wildman–Crippen LogP) is 3.07. The van der Waals surface area contributed by atoms with Gasteiger partial charge in [0.2, 0.25) is 0 Å². The Labute approximate surface area is 118 Å². The van der Waals surface area contributed by atoms with Gasteiger partial charge in [0, 0.05) is 31.2 Å². The Morgan fingerprint density at radius 2 is 1.75 bits per heavy atom. The quantitative estimate of drug-likeness (QED) is 0.713. The molecule has 0 saturated heterocycles. The van der Waals surface area contributed by atoms with E-state index in [2.05, 4.69) is 27.1 Å². The summed E-state index contributed by atoms with van der Waals surface area (Å²) in [6.45, 7) is 1.92. The van der Waals surface area contributed by atoms with E-state index < -0.39 is 0 Å². The van der Waals surface area contributed by atoms with Crippen LogP contribution in [0.1, 0.15) is 5.82 Å². The van der Waals surface area contributed by atoms with Crippen molar-refractivity contribution in [3.05, 3.63) is 48.4 Å². The van der Waals surface area contributed by atoms with Crippen molar-refractivity contribution in [1.29, 1.82) is 0 Å². The van der Waals surface area contributed by atoms with Crippen LogP contribution in [0.5, 0.6) is 0 Å². The van der Waals surface area contributed by atoms with Crippen LogP contribution in [0.15, 0.2) is 42.6 Å². The van der Waals surface area contributed by atoms with Gasteiger partial charge in [0.15, 0.2) is 0 Å². The normalized spacial score (nSPS) is 10.8. The van der Waals surface area contributed by atoms with Crippen LogP contribution >= 0.6 is 0 Å². The van der Waals surface area contributed by atoms with Crippen molar-refractivity contribution in [3.8, 4) is 11.3 Å². The molecule has 0 saturated carbocycles. The summed E-state index contributed by atoms with van der Waals surface area (Å²) in [5.74, 6) is 1.68. The van der Waals surface area contributed by atoms with E-state index >= 15 is 0 Å². The van der Waals surface area contributed by atoms with Gasteiger partial charge in [0.05, 0.1) is 11.2 Å². The van der Waals surface area contributed by atoms with Crippen LogP contribution in [0.2, 0.25) is 0 Å². The molecule has 2 heterocycles. The summed E-state index contributed by atoms with van der Waals surface area (Å²) in [5, 5.41) is 1.05. The molecule has 0 aliphatic rings. The Balaban J connectivity index is 2.35. The molecule has 0 spiro atoms. The summed E-state index contributed by atoms with van der Waals surface area (Å²) < 4.78 is 0. The molecule has 0 radical (unpaired) electrons. The number of rotatable bonds is 2. The van der Waals surface area contributed by atoms with E-state index in [0.29, 0.717) is 0 Å². The van der Waals surface area contributed by atoms with Crippen molar-refractivity contribution < 1.29 is 0 Å². The third-order valence-corrected chi connectivity index (χ3v) is 3.18. The third kappa shape index (κ3) is 2.09. The van der Waals surface area contributed by atoms with Crippen molar-refractivity contribution >= 4 is 16.7 Å². The van der Waals surface area contributed by atoms with E-state index in [1.807, 2.05) is 50.2 Å². The molecule has 4 nitrogen and oxygen atoms in total. The van der Waals surface area contributed by atoms with Gasteiger partial charge in [0.25, 0.3) is 0 Å². The lowest BCUT2D eigenvalue weighted by Gasteiger charge is -2.16. The van der Waals surface area contributed by atoms with Crippen LogP contribution in [0.25, 0.3) is 22.2 Å². The summed E-state index contributed by atoms with van der Waals surface area (Å²) >= 11 is 0. The molecule has 4 heteroatoms. The molecular formula is C16H16N4. The summed E-state index contributed by atoms with van der Waals surface area (Å²) in [5.41, 5.74) is 2.92. The molecule has 0 bridgehead atoms. The average molecular weight is 264 g/mol. The first-order valence-corrected chi connectivity index (χ1v) is 6.53. The zero-order valence-electron chi connectivity index (χ0n) is 11.8. The van der Waals surface area contributed by atoms with Gasteiger partial charge < -0.3 is 4.90 Å². The zero-order valence-corrected chi connectivity index (χ0v) is 11.8. The second-order valence-corrected chi connectivity index (χ2v) is 4.91. The SMILES string of the molecule is Cc1nc(-c2cccnc2N(C)C)c2ccccc2n1. The van der Waals surface area contributed by atoms with E-state index in [9.17, 15) is 0 Å². The largest absolute Gasteiger partial charge is 0.362 e. The Bertz CT molecular complexity index is 765. The van der Waals surface area contributed by atoms with Crippen LogP contribution in [-0.4, -0.2) is 29.0 Å². The lowest BCUT2D eigenvalue weighted by Crippen LogP contribution is -2.12. The first-order chi connectivity index (χ1) is 9.66. The van der Waals surface area contributed by atoms with Crippen LogP contribution < -0.4 is 4.90 Å². The Hall–Kier alpha value is -2.49. The topological polar surface area (TPSA) is 41.9 Å². The fourth-order valence-corrected chi connectivity index (χ4v) is 2.34. The van der Waals surface area contributed by atoms with E-state index in [4.69, 9.17) is 0 Å². The smallest absolute Gasteiger partial charge is 0.137 e. The van der Waals surface area contributed by atoms with Gasteiger partial charge in [0.1, 0.15) is 11.6 Å². The first kappa shape index (κ1) is 12.5. The highest BCUT2D eigenvalue weighted by atomic mass is 15.1. The minimum absolute atomic E-state index is 0.771. The maximum atomic E-state index is 4.64. The van der Waals surface area contributed by atoms with Crippen LogP contribution in [0.4, 0.5) is 5.82 Å². The number of anilines is 1. The van der Waals surface area contributed by atoms with Gasteiger partial charge in [-0.15, -0.1) is 0 Å². The minimum atomic E-state index is 0.771. The number of aryl methyl sites for hydroxylation is 1. The fraction of sp³-hybridized carbons (Fsp3) is 0.188. The number of hydrogen-bond acceptors (Lipinski definition) is 4. The molecule has 0 atom stereocenters. The van der Waals surface area contributed by atoms with Gasteiger partial charge in [-0.25, -0.2) is 15.0 Å². The van der Waals surface area contributed by atoms with Gasteiger partial charge in [-0.1, -0.05) is 18.2 Å². The molecule has 0 unspecified atom stereocenters. The molecule has 0 amide bonds. The summed E-state index contributed by atoms with van der Waals surface area (Å²) in [4.78, 5) is 15.6. The second kappa shape index (κ2) is 4.89. The van der Waals surface area contributed by atoms with Gasteiger partial charge in [-0.2, -0.15) is 0 Å². The second-order valence-electron chi connectivity index (χ2n) is 4.91. The molecule has 100 valence electrons. The first-order valence-electron chi connectivity index (χ1n) is 6.53. The molecule has 20 heavy (non-hydrogen) atoms. The molecule has 0 aliphatic heterocycles. The van der Waals surface area contributed by atoms with Crippen LogP contribution in [-0.2, 0) is 0 Å². The predicted molar refractivity (Wildman–Crippen MR) is 81.8 cm³/mol. The number of benzene rings is 1. The van der Waals surface area contributed by atoms with Gasteiger partial charge in [-0.05, 0) is 25.1 Å². The number of para-hydroxylation sites is 1. The van der Waals surface area contributed by atoms with Crippen LogP contribution in [0.3, 0.4) is 0 Å². The van der Waals surface area contributed by atoms with Crippen molar-refractivity contribution in [2.45, 2.75) is 6.92 Å². The summed E-state index contributed by atoms with van der Waals surface area (Å²) in [6, 6.07) is 12.1. The Morgan fingerprint density at radius 1 is 0.950 bits per heavy atom.